The Morgan fingerprint density at radius 2 is 1.90 bits per heavy atom. The fraction of sp³-hybridized carbons (Fsp3) is 0.667. The summed E-state index contributed by atoms with van der Waals surface area (Å²) in [6, 6.07) is 10.6. The van der Waals surface area contributed by atoms with Crippen molar-refractivity contribution in [2.24, 2.45) is 5.92 Å². The smallest absolute Gasteiger partial charge is 0.0324 e. The van der Waals surface area contributed by atoms with E-state index in [1.807, 2.05) is 0 Å². The molecule has 118 valence electrons. The van der Waals surface area contributed by atoms with Gasteiger partial charge in [0.1, 0.15) is 0 Å². The molecule has 1 fully saturated rings. The molecule has 0 bridgehead atoms. The summed E-state index contributed by atoms with van der Waals surface area (Å²) in [4.78, 5) is 2.70. The molecule has 0 aliphatic carbocycles. The summed E-state index contributed by atoms with van der Waals surface area (Å²) in [5, 5.41) is 3.77. The van der Waals surface area contributed by atoms with Crippen LogP contribution in [0, 0.1) is 5.92 Å². The maximum atomic E-state index is 3.77. The van der Waals surface area contributed by atoms with E-state index in [-0.39, 0.29) is 0 Å². The topological polar surface area (TPSA) is 15.3 Å². The van der Waals surface area contributed by atoms with Crippen molar-refractivity contribution in [3.63, 3.8) is 0 Å². The van der Waals surface area contributed by atoms with Crippen LogP contribution in [0.3, 0.4) is 0 Å². The van der Waals surface area contributed by atoms with Crippen LogP contribution in [-0.4, -0.2) is 30.1 Å². The van der Waals surface area contributed by atoms with Gasteiger partial charge in [-0.15, -0.1) is 0 Å². The van der Waals surface area contributed by atoms with Gasteiger partial charge in [-0.25, -0.2) is 0 Å². The van der Waals surface area contributed by atoms with Crippen LogP contribution in [0.1, 0.15) is 52.1 Å². The highest BCUT2D eigenvalue weighted by molar-refractivity contribution is 9.10. The molecule has 2 rings (SSSR count). The SMILES string of the molecule is CCC(C)C1CN(C(C)c2ccc(Br)cc2)C(CC)CN1. The number of piperazine rings is 1. The third-order valence-corrected chi connectivity index (χ3v) is 5.67. The van der Waals surface area contributed by atoms with Crippen LogP contribution in [0.2, 0.25) is 0 Å². The lowest BCUT2D eigenvalue weighted by molar-refractivity contribution is 0.0706. The third kappa shape index (κ3) is 4.08. The van der Waals surface area contributed by atoms with Crippen molar-refractivity contribution in [2.75, 3.05) is 13.1 Å². The fourth-order valence-corrected chi connectivity index (χ4v) is 3.56. The van der Waals surface area contributed by atoms with Crippen LogP contribution in [0.4, 0.5) is 0 Å². The molecule has 4 unspecified atom stereocenters. The van der Waals surface area contributed by atoms with Gasteiger partial charge in [0.05, 0.1) is 0 Å². The average molecular weight is 353 g/mol. The summed E-state index contributed by atoms with van der Waals surface area (Å²) in [7, 11) is 0. The van der Waals surface area contributed by atoms with Crippen LogP contribution in [0.25, 0.3) is 0 Å². The van der Waals surface area contributed by atoms with Crippen LogP contribution >= 0.6 is 15.9 Å². The highest BCUT2D eigenvalue weighted by atomic mass is 79.9. The first-order valence-corrected chi connectivity index (χ1v) is 9.10. The number of hydrogen-bond acceptors (Lipinski definition) is 2. The molecule has 0 spiro atoms. The van der Waals surface area contributed by atoms with E-state index in [0.29, 0.717) is 18.1 Å². The van der Waals surface area contributed by atoms with Crippen molar-refractivity contribution in [1.29, 1.82) is 0 Å². The number of rotatable bonds is 5. The summed E-state index contributed by atoms with van der Waals surface area (Å²) in [5.74, 6) is 0.738. The third-order valence-electron chi connectivity index (χ3n) is 5.14. The number of nitrogens with one attached hydrogen (secondary N) is 1. The van der Waals surface area contributed by atoms with Crippen molar-refractivity contribution in [3.05, 3.63) is 34.3 Å². The normalized spacial score (nSPS) is 26.5. The van der Waals surface area contributed by atoms with Gasteiger partial charge in [0.15, 0.2) is 0 Å². The number of nitrogens with zero attached hydrogens (tertiary/aromatic N) is 1. The van der Waals surface area contributed by atoms with Gasteiger partial charge >= 0.3 is 0 Å². The second-order valence-electron chi connectivity index (χ2n) is 6.39. The molecule has 4 atom stereocenters. The van der Waals surface area contributed by atoms with Gasteiger partial charge in [-0.05, 0) is 37.0 Å². The second kappa shape index (κ2) is 7.75. The van der Waals surface area contributed by atoms with Crippen molar-refractivity contribution in [2.45, 2.75) is 58.7 Å². The van der Waals surface area contributed by atoms with E-state index in [2.05, 4.69) is 78.1 Å². The summed E-state index contributed by atoms with van der Waals surface area (Å²) >= 11 is 3.53. The average Bonchev–Trinajstić information content (AvgIpc) is 2.53. The van der Waals surface area contributed by atoms with Crippen LogP contribution in [0.15, 0.2) is 28.7 Å². The Labute approximate surface area is 138 Å². The fourth-order valence-electron chi connectivity index (χ4n) is 3.30. The summed E-state index contributed by atoms with van der Waals surface area (Å²) in [6.45, 7) is 11.6. The first-order chi connectivity index (χ1) is 10.1. The summed E-state index contributed by atoms with van der Waals surface area (Å²) in [5.41, 5.74) is 1.42. The molecule has 0 aromatic heterocycles. The van der Waals surface area contributed by atoms with Gasteiger partial charge in [0.25, 0.3) is 0 Å². The Bertz CT molecular complexity index is 431. The van der Waals surface area contributed by atoms with Gasteiger partial charge in [0.2, 0.25) is 0 Å². The Kier molecular flexibility index (Phi) is 6.27. The predicted molar refractivity (Wildman–Crippen MR) is 94.6 cm³/mol. The second-order valence-corrected chi connectivity index (χ2v) is 7.30. The molecule has 1 aliphatic heterocycles. The van der Waals surface area contributed by atoms with Crippen molar-refractivity contribution >= 4 is 15.9 Å². The largest absolute Gasteiger partial charge is 0.311 e. The molecule has 1 aromatic carbocycles. The molecular formula is C18H29BrN2. The van der Waals surface area contributed by atoms with Gasteiger partial charge in [-0.3, -0.25) is 4.90 Å². The lowest BCUT2D eigenvalue weighted by Crippen LogP contribution is -2.58. The highest BCUT2D eigenvalue weighted by Crippen LogP contribution is 2.28. The number of hydrogen-bond donors (Lipinski definition) is 1. The summed E-state index contributed by atoms with van der Waals surface area (Å²) < 4.78 is 1.16. The van der Waals surface area contributed by atoms with E-state index < -0.39 is 0 Å². The van der Waals surface area contributed by atoms with Gasteiger partial charge in [0, 0.05) is 35.7 Å². The van der Waals surface area contributed by atoms with Crippen LogP contribution in [-0.2, 0) is 0 Å². The molecule has 1 aromatic rings. The number of halogens is 1. The Balaban J connectivity index is 2.14. The minimum atomic E-state index is 0.483. The van der Waals surface area contributed by atoms with E-state index in [1.165, 1.54) is 18.4 Å². The molecule has 2 nitrogen and oxygen atoms in total. The minimum absolute atomic E-state index is 0.483. The zero-order valence-electron chi connectivity index (χ0n) is 13.8. The lowest BCUT2D eigenvalue weighted by Gasteiger charge is -2.45. The van der Waals surface area contributed by atoms with Gasteiger partial charge in [-0.1, -0.05) is 55.3 Å². The minimum Gasteiger partial charge on any atom is -0.311 e. The zero-order chi connectivity index (χ0) is 15.4. The van der Waals surface area contributed by atoms with E-state index in [4.69, 9.17) is 0 Å². The Hall–Kier alpha value is -0.380. The van der Waals surface area contributed by atoms with Crippen LogP contribution < -0.4 is 5.32 Å². The zero-order valence-corrected chi connectivity index (χ0v) is 15.4. The van der Waals surface area contributed by atoms with Crippen molar-refractivity contribution in [1.82, 2.24) is 10.2 Å². The monoisotopic (exact) mass is 352 g/mol. The summed E-state index contributed by atoms with van der Waals surface area (Å²) in [6.07, 6.45) is 2.45. The van der Waals surface area contributed by atoms with E-state index in [1.54, 1.807) is 0 Å². The molecule has 1 heterocycles. The molecule has 0 saturated carbocycles. The van der Waals surface area contributed by atoms with Gasteiger partial charge in [-0.2, -0.15) is 0 Å². The van der Waals surface area contributed by atoms with Crippen LogP contribution in [0.5, 0.6) is 0 Å². The quantitative estimate of drug-likeness (QED) is 0.832. The standard InChI is InChI=1S/C18H29BrN2/c1-5-13(3)18-12-21(17(6-2)11-20-18)14(4)15-7-9-16(19)10-8-15/h7-10,13-14,17-18,20H,5-6,11-12H2,1-4H3. The Morgan fingerprint density at radius 1 is 1.24 bits per heavy atom. The molecular weight excluding hydrogens is 324 g/mol. The lowest BCUT2D eigenvalue weighted by atomic mass is 9.92. The first kappa shape index (κ1) is 17.0. The molecule has 21 heavy (non-hydrogen) atoms. The number of benzene rings is 1. The molecule has 1 aliphatic rings. The maximum Gasteiger partial charge on any atom is 0.0324 e. The molecule has 0 amide bonds. The van der Waals surface area contributed by atoms with E-state index >= 15 is 0 Å². The predicted octanol–water partition coefficient (Wildman–Crippen LogP) is 4.61. The Morgan fingerprint density at radius 3 is 2.48 bits per heavy atom. The van der Waals surface area contributed by atoms with Gasteiger partial charge < -0.3 is 5.32 Å². The molecule has 1 N–H and O–H groups in total. The molecule has 1 saturated heterocycles. The maximum absolute atomic E-state index is 3.77. The molecule has 3 heteroatoms. The van der Waals surface area contributed by atoms with Crippen molar-refractivity contribution in [3.8, 4) is 0 Å². The van der Waals surface area contributed by atoms with E-state index in [9.17, 15) is 0 Å². The molecule has 0 radical (unpaired) electrons. The first-order valence-electron chi connectivity index (χ1n) is 8.31. The van der Waals surface area contributed by atoms with Crippen molar-refractivity contribution < 1.29 is 0 Å². The van der Waals surface area contributed by atoms with E-state index in [0.717, 1.165) is 23.5 Å². The highest BCUT2D eigenvalue weighted by Gasteiger charge is 2.32.